The summed E-state index contributed by atoms with van der Waals surface area (Å²) in [6.45, 7) is 8.25. The molecule has 1 atom stereocenters. The van der Waals surface area contributed by atoms with Gasteiger partial charge in [0.25, 0.3) is 0 Å². The zero-order valence-electron chi connectivity index (χ0n) is 15.5. The summed E-state index contributed by atoms with van der Waals surface area (Å²) in [5.41, 5.74) is 0. The fraction of sp³-hybridized carbons (Fsp3) is 0.938. The van der Waals surface area contributed by atoms with Gasteiger partial charge in [-0.05, 0) is 19.3 Å². The van der Waals surface area contributed by atoms with Crippen LogP contribution in [0.5, 0.6) is 0 Å². The molecule has 1 heterocycles. The Morgan fingerprint density at radius 2 is 1.88 bits per heavy atom. The van der Waals surface area contributed by atoms with E-state index < -0.39 is 10.0 Å². The van der Waals surface area contributed by atoms with Crippen LogP contribution in [0, 0.1) is 5.92 Å². The van der Waals surface area contributed by atoms with Gasteiger partial charge in [0.2, 0.25) is 10.0 Å². The lowest BCUT2D eigenvalue weighted by Gasteiger charge is -2.26. The Morgan fingerprint density at radius 1 is 1.21 bits per heavy atom. The topological polar surface area (TPSA) is 73.8 Å². The minimum Gasteiger partial charge on any atom is -0.355 e. The van der Waals surface area contributed by atoms with Crippen molar-refractivity contribution < 1.29 is 8.42 Å². The molecule has 0 spiro atoms. The van der Waals surface area contributed by atoms with Crippen LogP contribution in [0.25, 0.3) is 0 Å². The van der Waals surface area contributed by atoms with Gasteiger partial charge in [-0.2, -0.15) is 11.8 Å². The maximum atomic E-state index is 12.3. The van der Waals surface area contributed by atoms with Gasteiger partial charge in [-0.3, -0.25) is 4.99 Å². The van der Waals surface area contributed by atoms with E-state index in [9.17, 15) is 8.42 Å². The highest BCUT2D eigenvalue weighted by atomic mass is 32.2. The average Bonchev–Trinajstić information content (AvgIpc) is 2.54. The van der Waals surface area contributed by atoms with E-state index in [-0.39, 0.29) is 5.75 Å². The monoisotopic (exact) mass is 378 g/mol. The largest absolute Gasteiger partial charge is 0.355 e. The van der Waals surface area contributed by atoms with Crippen molar-refractivity contribution in [2.45, 2.75) is 46.1 Å². The molecule has 1 saturated heterocycles. The minimum atomic E-state index is -3.16. The molecule has 2 N–H and O–H groups in total. The van der Waals surface area contributed by atoms with Gasteiger partial charge in [0.1, 0.15) is 0 Å². The highest BCUT2D eigenvalue weighted by molar-refractivity contribution is 7.99. The molecule has 6 nitrogen and oxygen atoms in total. The minimum absolute atomic E-state index is 0.111. The van der Waals surface area contributed by atoms with Gasteiger partial charge >= 0.3 is 0 Å². The van der Waals surface area contributed by atoms with Gasteiger partial charge in [0, 0.05) is 44.2 Å². The van der Waals surface area contributed by atoms with Crippen molar-refractivity contribution in [2.24, 2.45) is 10.9 Å². The number of sulfonamides is 1. The van der Waals surface area contributed by atoms with E-state index in [1.54, 1.807) is 11.4 Å². The molecule has 0 radical (unpaired) electrons. The zero-order chi connectivity index (χ0) is 18.0. The molecule has 0 aromatic heterocycles. The van der Waals surface area contributed by atoms with Crippen LogP contribution in [0.3, 0.4) is 0 Å². The first-order chi connectivity index (χ1) is 11.3. The summed E-state index contributed by atoms with van der Waals surface area (Å²) in [5, 5.41) is 6.46. The number of nitrogens with one attached hydrogen (secondary N) is 2. The Balaban J connectivity index is 2.30. The van der Waals surface area contributed by atoms with E-state index in [0.29, 0.717) is 31.6 Å². The van der Waals surface area contributed by atoms with Crippen molar-refractivity contribution in [1.82, 2.24) is 14.9 Å². The lowest BCUT2D eigenvalue weighted by Crippen LogP contribution is -2.46. The van der Waals surface area contributed by atoms with Gasteiger partial charge < -0.3 is 10.6 Å². The van der Waals surface area contributed by atoms with Gasteiger partial charge in [0.05, 0.1) is 5.75 Å². The first kappa shape index (κ1) is 21.6. The summed E-state index contributed by atoms with van der Waals surface area (Å²) in [6.07, 6.45) is 3.50. The molecule has 8 heteroatoms. The number of nitrogens with zero attached hydrogens (tertiary/aromatic N) is 2. The molecule has 0 saturated carbocycles. The molecule has 0 aromatic rings. The van der Waals surface area contributed by atoms with Gasteiger partial charge in [-0.1, -0.05) is 26.7 Å². The van der Waals surface area contributed by atoms with Crippen molar-refractivity contribution >= 4 is 27.7 Å². The van der Waals surface area contributed by atoms with E-state index in [1.165, 1.54) is 12.8 Å². The molecule has 0 aromatic carbocycles. The SMILES string of the molecule is CN=C(NCCS(=O)(=O)N1CCSCC1)NC(C)CCCC(C)C. The van der Waals surface area contributed by atoms with Gasteiger partial charge in [-0.15, -0.1) is 0 Å². The van der Waals surface area contributed by atoms with Gasteiger partial charge in [0.15, 0.2) is 5.96 Å². The Hall–Kier alpha value is -0.470. The predicted molar refractivity (Wildman–Crippen MR) is 105 cm³/mol. The fourth-order valence-electron chi connectivity index (χ4n) is 2.58. The molecule has 1 aliphatic heterocycles. The number of aliphatic imine (C=N–C) groups is 1. The van der Waals surface area contributed by atoms with Gasteiger partial charge in [-0.25, -0.2) is 12.7 Å². The third-order valence-corrected chi connectivity index (χ3v) is 6.86. The van der Waals surface area contributed by atoms with Crippen LogP contribution in [0.15, 0.2) is 4.99 Å². The lowest BCUT2D eigenvalue weighted by atomic mass is 10.0. The number of rotatable bonds is 9. The first-order valence-electron chi connectivity index (χ1n) is 8.88. The van der Waals surface area contributed by atoms with Crippen molar-refractivity contribution in [2.75, 3.05) is 43.9 Å². The Kier molecular flexibility index (Phi) is 10.1. The Morgan fingerprint density at radius 3 is 2.46 bits per heavy atom. The first-order valence-corrected chi connectivity index (χ1v) is 11.6. The van der Waals surface area contributed by atoms with Crippen molar-refractivity contribution in [3.05, 3.63) is 0 Å². The van der Waals surface area contributed by atoms with Crippen molar-refractivity contribution in [1.29, 1.82) is 0 Å². The molecular formula is C16H34N4O2S2. The fourth-order valence-corrected chi connectivity index (χ4v) is 5.08. The summed E-state index contributed by atoms with van der Waals surface area (Å²) >= 11 is 1.81. The third kappa shape index (κ3) is 8.58. The number of thioether (sulfide) groups is 1. The molecule has 1 rings (SSSR count). The molecule has 1 aliphatic rings. The van der Waals surface area contributed by atoms with E-state index in [2.05, 4.69) is 36.4 Å². The molecule has 0 amide bonds. The summed E-state index contributed by atoms with van der Waals surface area (Å²) in [6, 6.07) is 0.325. The average molecular weight is 379 g/mol. The van der Waals surface area contributed by atoms with E-state index in [1.807, 2.05) is 11.8 Å². The second-order valence-corrected chi connectivity index (χ2v) is 10.0. The maximum absolute atomic E-state index is 12.3. The van der Waals surface area contributed by atoms with Crippen LogP contribution in [0.1, 0.15) is 40.0 Å². The molecule has 0 bridgehead atoms. The zero-order valence-corrected chi connectivity index (χ0v) is 17.2. The number of hydrogen-bond acceptors (Lipinski definition) is 4. The molecule has 0 aliphatic carbocycles. The predicted octanol–water partition coefficient (Wildman–Crippen LogP) is 1.74. The lowest BCUT2D eigenvalue weighted by molar-refractivity contribution is 0.443. The van der Waals surface area contributed by atoms with Crippen LogP contribution in [-0.2, 0) is 10.0 Å². The smallest absolute Gasteiger partial charge is 0.215 e. The third-order valence-electron chi connectivity index (χ3n) is 4.04. The molecule has 1 fully saturated rings. The van der Waals surface area contributed by atoms with Crippen LogP contribution in [0.4, 0.5) is 0 Å². The Bertz CT molecular complexity index is 474. The highest BCUT2D eigenvalue weighted by Crippen LogP contribution is 2.13. The molecule has 1 unspecified atom stereocenters. The van der Waals surface area contributed by atoms with Crippen LogP contribution in [-0.4, -0.2) is 68.7 Å². The maximum Gasteiger partial charge on any atom is 0.215 e. The van der Waals surface area contributed by atoms with Crippen LogP contribution < -0.4 is 10.6 Å². The summed E-state index contributed by atoms with van der Waals surface area (Å²) in [4.78, 5) is 4.19. The van der Waals surface area contributed by atoms with E-state index in [4.69, 9.17) is 0 Å². The second kappa shape index (κ2) is 11.2. The summed E-state index contributed by atoms with van der Waals surface area (Å²) < 4.78 is 26.2. The molecular weight excluding hydrogens is 344 g/mol. The standard InChI is InChI=1S/C16H34N4O2S2/c1-14(2)6-5-7-15(3)19-16(17-4)18-8-13-24(21,22)20-9-11-23-12-10-20/h14-15H,5-13H2,1-4H3,(H2,17,18,19). The van der Waals surface area contributed by atoms with E-state index in [0.717, 1.165) is 23.8 Å². The quantitative estimate of drug-likeness (QED) is 0.472. The van der Waals surface area contributed by atoms with Crippen LogP contribution in [0.2, 0.25) is 0 Å². The summed E-state index contributed by atoms with van der Waals surface area (Å²) in [7, 11) is -1.45. The molecule has 24 heavy (non-hydrogen) atoms. The van der Waals surface area contributed by atoms with E-state index >= 15 is 0 Å². The van der Waals surface area contributed by atoms with Crippen LogP contribution >= 0.6 is 11.8 Å². The second-order valence-electron chi connectivity index (χ2n) is 6.70. The summed E-state index contributed by atoms with van der Waals surface area (Å²) in [5.74, 6) is 3.30. The Labute approximate surface area is 152 Å². The normalized spacial score (nSPS) is 18.6. The molecule has 142 valence electrons. The number of hydrogen-bond donors (Lipinski definition) is 2. The number of guanidine groups is 1. The van der Waals surface area contributed by atoms with Crippen molar-refractivity contribution in [3.63, 3.8) is 0 Å². The highest BCUT2D eigenvalue weighted by Gasteiger charge is 2.23. The van der Waals surface area contributed by atoms with Crippen molar-refractivity contribution in [3.8, 4) is 0 Å².